The molecule has 3 aromatic rings. The van der Waals surface area contributed by atoms with Gasteiger partial charge in [0.05, 0.1) is 23.3 Å². The Morgan fingerprint density at radius 2 is 1.90 bits per heavy atom. The molecule has 0 atom stereocenters. The number of nitrogens with one attached hydrogen (secondary N) is 2. The predicted octanol–water partition coefficient (Wildman–Crippen LogP) is 2.94. The quantitative estimate of drug-likeness (QED) is 0.529. The maximum atomic E-state index is 4.90. The second-order valence-electron chi connectivity index (χ2n) is 8.15. The first-order chi connectivity index (χ1) is 14.6. The van der Waals surface area contributed by atoms with Crippen molar-refractivity contribution in [1.29, 1.82) is 0 Å². The zero-order valence-electron chi connectivity index (χ0n) is 17.8. The number of aryl methyl sites for hydroxylation is 1. The van der Waals surface area contributed by atoms with E-state index in [0.717, 1.165) is 73.3 Å². The number of fused-ring (bicyclic) bond motifs is 3. The van der Waals surface area contributed by atoms with Crippen LogP contribution in [0.2, 0.25) is 0 Å². The highest BCUT2D eigenvalue weighted by atomic mass is 15.2. The van der Waals surface area contributed by atoms with E-state index in [9.17, 15) is 0 Å². The summed E-state index contributed by atoms with van der Waals surface area (Å²) in [5.74, 6) is 2.43. The van der Waals surface area contributed by atoms with Gasteiger partial charge in [0.15, 0.2) is 0 Å². The van der Waals surface area contributed by atoms with Gasteiger partial charge in [0.1, 0.15) is 17.3 Å². The van der Waals surface area contributed by atoms with E-state index in [4.69, 9.17) is 9.97 Å². The minimum absolute atomic E-state index is 0.384. The smallest absolute Gasteiger partial charge is 0.228 e. The number of piperazine rings is 1. The molecule has 1 aliphatic heterocycles. The highest BCUT2D eigenvalue weighted by Crippen LogP contribution is 2.37. The van der Waals surface area contributed by atoms with Crippen LogP contribution in [0, 0.1) is 0 Å². The molecule has 2 aliphatic rings. The lowest BCUT2D eigenvalue weighted by Gasteiger charge is -2.29. The second-order valence-corrected chi connectivity index (χ2v) is 8.15. The van der Waals surface area contributed by atoms with Gasteiger partial charge in [0.25, 0.3) is 0 Å². The van der Waals surface area contributed by atoms with Crippen molar-refractivity contribution >= 4 is 17.5 Å². The predicted molar refractivity (Wildman–Crippen MR) is 118 cm³/mol. The summed E-state index contributed by atoms with van der Waals surface area (Å²) < 4.78 is 2.35. The summed E-state index contributed by atoms with van der Waals surface area (Å²) in [6, 6.07) is 4.47. The highest BCUT2D eigenvalue weighted by Gasteiger charge is 2.29. The minimum Gasteiger partial charge on any atom is -0.368 e. The zero-order valence-corrected chi connectivity index (χ0v) is 17.8. The van der Waals surface area contributed by atoms with Gasteiger partial charge >= 0.3 is 0 Å². The molecule has 1 aliphatic carbocycles. The molecular weight excluding hydrogens is 376 g/mol. The Balaban J connectivity index is 1.38. The molecule has 0 unspecified atom stereocenters. The van der Waals surface area contributed by atoms with Gasteiger partial charge in [-0.15, -0.1) is 0 Å². The van der Waals surface area contributed by atoms with Crippen LogP contribution >= 0.6 is 0 Å². The SMILES string of the molecule is CCc1nc2c(n1C(C)C)Cc1cnc(Nc3ccc(N4CCNCC4)cn3)nc1-2. The fourth-order valence-electron chi connectivity index (χ4n) is 4.40. The van der Waals surface area contributed by atoms with E-state index in [1.165, 1.54) is 5.69 Å². The Morgan fingerprint density at radius 1 is 1.07 bits per heavy atom. The first-order valence-electron chi connectivity index (χ1n) is 10.8. The Bertz CT molecular complexity index is 1050. The van der Waals surface area contributed by atoms with Crippen LogP contribution in [0.4, 0.5) is 17.5 Å². The van der Waals surface area contributed by atoms with Crippen LogP contribution in [0.3, 0.4) is 0 Å². The lowest BCUT2D eigenvalue weighted by atomic mass is 10.2. The number of aromatic nitrogens is 5. The van der Waals surface area contributed by atoms with Crippen molar-refractivity contribution in [3.8, 4) is 11.4 Å². The molecule has 4 heterocycles. The molecule has 8 heteroatoms. The minimum atomic E-state index is 0.384. The summed E-state index contributed by atoms with van der Waals surface area (Å²) >= 11 is 0. The van der Waals surface area contributed by atoms with Gasteiger partial charge in [0.2, 0.25) is 5.95 Å². The van der Waals surface area contributed by atoms with Crippen molar-refractivity contribution in [2.75, 3.05) is 36.4 Å². The van der Waals surface area contributed by atoms with Gasteiger partial charge in [-0.2, -0.15) is 0 Å². The molecule has 0 bridgehead atoms. The van der Waals surface area contributed by atoms with Crippen LogP contribution in [0.5, 0.6) is 0 Å². The lowest BCUT2D eigenvalue weighted by Crippen LogP contribution is -2.43. The molecule has 5 rings (SSSR count). The van der Waals surface area contributed by atoms with Crippen LogP contribution in [0.15, 0.2) is 24.5 Å². The third kappa shape index (κ3) is 3.31. The van der Waals surface area contributed by atoms with E-state index in [-0.39, 0.29) is 0 Å². The maximum absolute atomic E-state index is 4.90. The summed E-state index contributed by atoms with van der Waals surface area (Å²) in [6.45, 7) is 10.6. The van der Waals surface area contributed by atoms with E-state index >= 15 is 0 Å². The van der Waals surface area contributed by atoms with Crippen LogP contribution in [-0.2, 0) is 12.8 Å². The Hall–Kier alpha value is -3.00. The number of anilines is 3. The van der Waals surface area contributed by atoms with Crippen molar-refractivity contribution in [2.24, 2.45) is 0 Å². The molecule has 0 saturated carbocycles. The molecule has 3 aromatic heterocycles. The number of hydrogen-bond donors (Lipinski definition) is 2. The summed E-state index contributed by atoms with van der Waals surface area (Å²) in [7, 11) is 0. The highest BCUT2D eigenvalue weighted by molar-refractivity contribution is 5.70. The summed E-state index contributed by atoms with van der Waals surface area (Å²) in [6.07, 6.45) is 5.59. The number of nitrogens with zero attached hydrogens (tertiary/aromatic N) is 6. The van der Waals surface area contributed by atoms with Gasteiger partial charge in [-0.3, -0.25) is 0 Å². The normalized spacial score (nSPS) is 15.4. The van der Waals surface area contributed by atoms with Gasteiger partial charge in [-0.25, -0.2) is 19.9 Å². The number of hydrogen-bond acceptors (Lipinski definition) is 7. The molecule has 2 N–H and O–H groups in total. The molecule has 156 valence electrons. The second kappa shape index (κ2) is 7.68. The van der Waals surface area contributed by atoms with E-state index in [1.807, 2.05) is 18.5 Å². The molecule has 1 saturated heterocycles. The van der Waals surface area contributed by atoms with E-state index in [2.05, 4.69) is 56.9 Å². The van der Waals surface area contributed by atoms with Crippen molar-refractivity contribution in [2.45, 2.75) is 39.7 Å². The Morgan fingerprint density at radius 3 is 2.60 bits per heavy atom. The molecule has 0 amide bonds. The number of imidazole rings is 1. The maximum Gasteiger partial charge on any atom is 0.228 e. The van der Waals surface area contributed by atoms with Crippen molar-refractivity contribution in [3.05, 3.63) is 41.6 Å². The standard InChI is InChI=1S/C22H28N8/c1-4-19-27-21-17(30(19)14(2)3)11-15-12-25-22(28-20(15)21)26-18-6-5-16(13-24-18)29-9-7-23-8-10-29/h5-6,12-14,23H,4,7-11H2,1-3H3,(H,24,25,26,28). The monoisotopic (exact) mass is 404 g/mol. The first-order valence-corrected chi connectivity index (χ1v) is 10.8. The molecule has 0 spiro atoms. The average Bonchev–Trinajstić information content (AvgIpc) is 3.30. The van der Waals surface area contributed by atoms with Gasteiger partial charge in [-0.1, -0.05) is 6.92 Å². The van der Waals surface area contributed by atoms with Gasteiger partial charge < -0.3 is 20.1 Å². The Labute approximate surface area is 176 Å². The van der Waals surface area contributed by atoms with Crippen molar-refractivity contribution in [3.63, 3.8) is 0 Å². The number of rotatable bonds is 5. The van der Waals surface area contributed by atoms with Crippen LogP contribution in [0.25, 0.3) is 11.4 Å². The molecule has 0 aromatic carbocycles. The summed E-state index contributed by atoms with van der Waals surface area (Å²) in [4.78, 5) is 21.1. The third-order valence-corrected chi connectivity index (χ3v) is 5.83. The fraction of sp³-hybridized carbons (Fsp3) is 0.455. The van der Waals surface area contributed by atoms with E-state index in [1.54, 1.807) is 0 Å². The Kier molecular flexibility index (Phi) is 4.86. The molecule has 8 nitrogen and oxygen atoms in total. The lowest BCUT2D eigenvalue weighted by molar-refractivity contribution is 0.554. The van der Waals surface area contributed by atoms with Crippen LogP contribution in [0.1, 0.15) is 43.9 Å². The van der Waals surface area contributed by atoms with Crippen LogP contribution in [-0.4, -0.2) is 50.7 Å². The van der Waals surface area contributed by atoms with E-state index < -0.39 is 0 Å². The van der Waals surface area contributed by atoms with Crippen molar-refractivity contribution < 1.29 is 0 Å². The zero-order chi connectivity index (χ0) is 20.7. The first kappa shape index (κ1) is 19.0. The molecular formula is C22H28N8. The molecule has 0 radical (unpaired) electrons. The summed E-state index contributed by atoms with van der Waals surface area (Å²) in [5, 5.41) is 6.63. The van der Waals surface area contributed by atoms with Crippen LogP contribution < -0.4 is 15.5 Å². The molecule has 1 fully saturated rings. The third-order valence-electron chi connectivity index (χ3n) is 5.83. The fourth-order valence-corrected chi connectivity index (χ4v) is 4.40. The van der Waals surface area contributed by atoms with Gasteiger partial charge in [0, 0.05) is 56.8 Å². The molecule has 30 heavy (non-hydrogen) atoms. The van der Waals surface area contributed by atoms with Crippen molar-refractivity contribution in [1.82, 2.24) is 29.8 Å². The number of pyridine rings is 1. The largest absolute Gasteiger partial charge is 0.368 e. The summed E-state index contributed by atoms with van der Waals surface area (Å²) in [5.41, 5.74) is 5.48. The van der Waals surface area contributed by atoms with Gasteiger partial charge in [-0.05, 0) is 26.0 Å². The average molecular weight is 405 g/mol. The topological polar surface area (TPSA) is 83.8 Å². The van der Waals surface area contributed by atoms with E-state index in [0.29, 0.717) is 12.0 Å².